The van der Waals surface area contributed by atoms with E-state index < -0.39 is 10.8 Å². The quantitative estimate of drug-likeness (QED) is 0.509. The second kappa shape index (κ2) is 8.13. The number of nitrogens with one attached hydrogen (secondary N) is 2. The average Bonchev–Trinajstić information content (AvgIpc) is 2.70. The van der Waals surface area contributed by atoms with E-state index in [0.717, 1.165) is 0 Å². The van der Waals surface area contributed by atoms with Crippen LogP contribution in [0, 0.1) is 17.0 Å². The zero-order chi connectivity index (χ0) is 20.1. The van der Waals surface area contributed by atoms with Gasteiger partial charge in [-0.3, -0.25) is 19.7 Å². The summed E-state index contributed by atoms with van der Waals surface area (Å²) >= 11 is 0. The van der Waals surface area contributed by atoms with Gasteiger partial charge in [0, 0.05) is 23.4 Å². The molecular formula is C21H17N3O4. The summed E-state index contributed by atoms with van der Waals surface area (Å²) in [6.07, 6.45) is 0. The van der Waals surface area contributed by atoms with Gasteiger partial charge >= 0.3 is 0 Å². The van der Waals surface area contributed by atoms with Crippen LogP contribution in [0.15, 0.2) is 72.8 Å². The summed E-state index contributed by atoms with van der Waals surface area (Å²) in [6, 6.07) is 19.5. The van der Waals surface area contributed by atoms with E-state index in [2.05, 4.69) is 10.6 Å². The molecule has 7 nitrogen and oxygen atoms in total. The van der Waals surface area contributed by atoms with Gasteiger partial charge in [0.25, 0.3) is 17.5 Å². The predicted molar refractivity (Wildman–Crippen MR) is 107 cm³/mol. The highest BCUT2D eigenvalue weighted by molar-refractivity contribution is 6.12. The first-order chi connectivity index (χ1) is 13.5. The van der Waals surface area contributed by atoms with Gasteiger partial charge in [0.15, 0.2) is 0 Å². The van der Waals surface area contributed by atoms with Crippen molar-refractivity contribution in [2.45, 2.75) is 6.92 Å². The van der Waals surface area contributed by atoms with Gasteiger partial charge in [0.05, 0.1) is 16.2 Å². The molecule has 0 bridgehead atoms. The topological polar surface area (TPSA) is 101 Å². The number of nitrogens with zero attached hydrogens (tertiary/aromatic N) is 1. The van der Waals surface area contributed by atoms with E-state index in [-0.39, 0.29) is 17.2 Å². The van der Waals surface area contributed by atoms with Crippen LogP contribution in [-0.2, 0) is 0 Å². The molecule has 0 aromatic heterocycles. The molecule has 2 N–H and O–H groups in total. The molecule has 0 aliphatic heterocycles. The van der Waals surface area contributed by atoms with Crippen molar-refractivity contribution < 1.29 is 14.5 Å². The normalized spacial score (nSPS) is 10.2. The number of rotatable bonds is 5. The molecule has 3 aromatic carbocycles. The number of non-ortho nitro benzene ring substituents is 1. The molecule has 0 heterocycles. The van der Waals surface area contributed by atoms with Crippen molar-refractivity contribution in [3.63, 3.8) is 0 Å². The van der Waals surface area contributed by atoms with Crippen LogP contribution in [-0.4, -0.2) is 16.7 Å². The molecule has 0 saturated carbocycles. The fourth-order valence-electron chi connectivity index (χ4n) is 2.67. The molecule has 0 unspecified atom stereocenters. The first-order valence-electron chi connectivity index (χ1n) is 8.47. The van der Waals surface area contributed by atoms with Gasteiger partial charge in [0.2, 0.25) is 0 Å². The number of nitro groups is 1. The van der Waals surface area contributed by atoms with Crippen molar-refractivity contribution >= 4 is 28.9 Å². The number of carbonyl (C=O) groups is 2. The lowest BCUT2D eigenvalue weighted by Gasteiger charge is -2.12. The highest BCUT2D eigenvalue weighted by atomic mass is 16.6. The van der Waals surface area contributed by atoms with Crippen LogP contribution in [0.3, 0.4) is 0 Å². The molecule has 0 radical (unpaired) electrons. The van der Waals surface area contributed by atoms with Crippen molar-refractivity contribution in [3.05, 3.63) is 99.6 Å². The summed E-state index contributed by atoms with van der Waals surface area (Å²) in [5.41, 5.74) is 2.10. The zero-order valence-corrected chi connectivity index (χ0v) is 15.0. The highest BCUT2D eigenvalue weighted by Gasteiger charge is 2.16. The number of amides is 2. The molecule has 2 amide bonds. The summed E-state index contributed by atoms with van der Waals surface area (Å²) in [5, 5.41) is 16.3. The van der Waals surface area contributed by atoms with E-state index in [1.165, 1.54) is 18.2 Å². The predicted octanol–water partition coefficient (Wildman–Crippen LogP) is 4.41. The van der Waals surface area contributed by atoms with Gasteiger partial charge in [-0.2, -0.15) is 0 Å². The second-order valence-electron chi connectivity index (χ2n) is 6.08. The summed E-state index contributed by atoms with van der Waals surface area (Å²) in [7, 11) is 0. The van der Waals surface area contributed by atoms with Crippen LogP contribution >= 0.6 is 0 Å². The maximum Gasteiger partial charge on any atom is 0.269 e. The third-order valence-corrected chi connectivity index (χ3v) is 4.12. The Labute approximate surface area is 161 Å². The Morgan fingerprint density at radius 1 is 0.821 bits per heavy atom. The molecule has 0 spiro atoms. The summed E-state index contributed by atoms with van der Waals surface area (Å²) in [6.45, 7) is 1.67. The van der Waals surface area contributed by atoms with Crippen molar-refractivity contribution in [1.82, 2.24) is 0 Å². The van der Waals surface area contributed by atoms with Crippen LogP contribution in [0.5, 0.6) is 0 Å². The third kappa shape index (κ3) is 4.21. The number of aryl methyl sites for hydroxylation is 1. The molecule has 3 aromatic rings. The third-order valence-electron chi connectivity index (χ3n) is 4.12. The van der Waals surface area contributed by atoms with Gasteiger partial charge in [-0.25, -0.2) is 0 Å². The average molecular weight is 375 g/mol. The van der Waals surface area contributed by atoms with E-state index in [0.29, 0.717) is 22.5 Å². The Balaban J connectivity index is 1.81. The van der Waals surface area contributed by atoms with E-state index >= 15 is 0 Å². The van der Waals surface area contributed by atoms with Gasteiger partial charge in [-0.05, 0) is 42.8 Å². The van der Waals surface area contributed by atoms with Crippen LogP contribution in [0.2, 0.25) is 0 Å². The standard InChI is InChI=1S/C21H17N3O4/c1-14-13-16(24(27)28)11-12-18(14)22-21(26)17-9-5-6-10-19(17)23-20(25)15-7-3-2-4-8-15/h2-13H,1H3,(H,22,26)(H,23,25). The fourth-order valence-corrected chi connectivity index (χ4v) is 2.67. The first kappa shape index (κ1) is 18.8. The number of hydrogen-bond donors (Lipinski definition) is 2. The molecule has 0 fully saturated rings. The maximum atomic E-state index is 12.7. The van der Waals surface area contributed by atoms with Crippen molar-refractivity contribution in [2.24, 2.45) is 0 Å². The molecule has 0 atom stereocenters. The van der Waals surface area contributed by atoms with Gasteiger partial charge in [0.1, 0.15) is 0 Å². The van der Waals surface area contributed by atoms with Crippen molar-refractivity contribution in [1.29, 1.82) is 0 Å². The second-order valence-corrected chi connectivity index (χ2v) is 6.08. The van der Waals surface area contributed by atoms with E-state index in [1.54, 1.807) is 55.5 Å². The van der Waals surface area contributed by atoms with Crippen LogP contribution in [0.1, 0.15) is 26.3 Å². The van der Waals surface area contributed by atoms with Gasteiger partial charge in [-0.1, -0.05) is 30.3 Å². The van der Waals surface area contributed by atoms with Crippen LogP contribution in [0.25, 0.3) is 0 Å². The molecular weight excluding hydrogens is 358 g/mol. The van der Waals surface area contributed by atoms with Crippen molar-refractivity contribution in [2.75, 3.05) is 10.6 Å². The Morgan fingerprint density at radius 2 is 1.46 bits per heavy atom. The lowest BCUT2D eigenvalue weighted by Crippen LogP contribution is -2.18. The minimum absolute atomic E-state index is 0.0500. The lowest BCUT2D eigenvalue weighted by molar-refractivity contribution is -0.384. The number of hydrogen-bond acceptors (Lipinski definition) is 4. The van der Waals surface area contributed by atoms with E-state index in [4.69, 9.17) is 0 Å². The Bertz CT molecular complexity index is 1050. The molecule has 3 rings (SSSR count). The smallest absolute Gasteiger partial charge is 0.269 e. The lowest BCUT2D eigenvalue weighted by atomic mass is 10.1. The summed E-state index contributed by atoms with van der Waals surface area (Å²) < 4.78 is 0. The Kier molecular flexibility index (Phi) is 5.45. The summed E-state index contributed by atoms with van der Waals surface area (Å²) in [4.78, 5) is 35.5. The minimum Gasteiger partial charge on any atom is -0.322 e. The first-order valence-corrected chi connectivity index (χ1v) is 8.47. The number of nitro benzene ring substituents is 1. The monoisotopic (exact) mass is 375 g/mol. The van der Waals surface area contributed by atoms with Gasteiger partial charge in [-0.15, -0.1) is 0 Å². The SMILES string of the molecule is Cc1cc([N+](=O)[O-])ccc1NC(=O)c1ccccc1NC(=O)c1ccccc1. The molecule has 0 aliphatic rings. The fraction of sp³-hybridized carbons (Fsp3) is 0.0476. The van der Waals surface area contributed by atoms with E-state index in [1.807, 2.05) is 6.07 Å². The largest absolute Gasteiger partial charge is 0.322 e. The highest BCUT2D eigenvalue weighted by Crippen LogP contribution is 2.23. The van der Waals surface area contributed by atoms with Crippen LogP contribution in [0.4, 0.5) is 17.1 Å². The number of anilines is 2. The Morgan fingerprint density at radius 3 is 2.14 bits per heavy atom. The molecule has 0 saturated heterocycles. The Hall–Kier alpha value is -4.00. The number of carbonyl (C=O) groups excluding carboxylic acids is 2. The van der Waals surface area contributed by atoms with Crippen molar-refractivity contribution in [3.8, 4) is 0 Å². The zero-order valence-electron chi connectivity index (χ0n) is 15.0. The minimum atomic E-state index is -0.493. The van der Waals surface area contributed by atoms with E-state index in [9.17, 15) is 19.7 Å². The van der Waals surface area contributed by atoms with Gasteiger partial charge < -0.3 is 10.6 Å². The number of benzene rings is 3. The molecule has 28 heavy (non-hydrogen) atoms. The summed E-state index contributed by atoms with van der Waals surface area (Å²) in [5.74, 6) is -0.756. The molecule has 140 valence electrons. The molecule has 0 aliphatic carbocycles. The number of para-hydroxylation sites is 1. The maximum absolute atomic E-state index is 12.7. The van der Waals surface area contributed by atoms with Crippen LogP contribution < -0.4 is 10.6 Å². The molecule has 7 heteroatoms.